The first kappa shape index (κ1) is 15.2. The molecule has 0 unspecified atom stereocenters. The summed E-state index contributed by atoms with van der Waals surface area (Å²) in [4.78, 5) is 24.5. The van der Waals surface area contributed by atoms with Crippen molar-refractivity contribution < 1.29 is 9.59 Å². The molecule has 1 fully saturated rings. The topological polar surface area (TPSA) is 37.4 Å². The van der Waals surface area contributed by atoms with Crippen molar-refractivity contribution in [3.05, 3.63) is 0 Å². The fraction of sp³-hybridized carbons (Fsp3) is 0.867. The molecule has 1 rings (SSSR count). The molecule has 1 heterocycles. The number of Topliss-reactive ketones (excluding diaryl/α,β-unsaturated/α-hetero) is 1. The number of nitrogens with zero attached hydrogens (tertiary/aromatic N) is 1. The molecule has 0 aromatic rings. The minimum atomic E-state index is 0.297. The molecule has 0 atom stereocenters. The Bertz CT molecular complexity index is 257. The van der Waals surface area contributed by atoms with E-state index >= 15 is 0 Å². The van der Waals surface area contributed by atoms with Crippen molar-refractivity contribution in [2.75, 3.05) is 13.1 Å². The predicted molar refractivity (Wildman–Crippen MR) is 73.4 cm³/mol. The monoisotopic (exact) mass is 253 g/mol. The molecule has 18 heavy (non-hydrogen) atoms. The van der Waals surface area contributed by atoms with Crippen LogP contribution in [0.2, 0.25) is 0 Å². The first-order valence-corrected chi connectivity index (χ1v) is 7.47. The van der Waals surface area contributed by atoms with E-state index < -0.39 is 0 Å². The summed E-state index contributed by atoms with van der Waals surface area (Å²) >= 11 is 0. The van der Waals surface area contributed by atoms with Gasteiger partial charge < -0.3 is 9.69 Å². The van der Waals surface area contributed by atoms with Gasteiger partial charge in [-0.15, -0.1) is 0 Å². The third-order valence-corrected chi connectivity index (χ3v) is 3.63. The van der Waals surface area contributed by atoms with Crippen LogP contribution in [0, 0.1) is 0 Å². The van der Waals surface area contributed by atoms with Crippen LogP contribution in [0.25, 0.3) is 0 Å². The van der Waals surface area contributed by atoms with Gasteiger partial charge in [-0.1, -0.05) is 25.7 Å². The molecule has 0 saturated carbocycles. The lowest BCUT2D eigenvalue weighted by molar-refractivity contribution is -0.130. The van der Waals surface area contributed by atoms with E-state index in [2.05, 4.69) is 0 Å². The van der Waals surface area contributed by atoms with E-state index in [0.29, 0.717) is 11.7 Å². The summed E-state index contributed by atoms with van der Waals surface area (Å²) < 4.78 is 0. The van der Waals surface area contributed by atoms with Gasteiger partial charge in [0.05, 0.1) is 0 Å². The van der Waals surface area contributed by atoms with Crippen molar-refractivity contribution in [1.82, 2.24) is 4.90 Å². The van der Waals surface area contributed by atoms with E-state index in [0.717, 1.165) is 51.6 Å². The summed E-state index contributed by atoms with van der Waals surface area (Å²) in [5.74, 6) is 0.648. The highest BCUT2D eigenvalue weighted by molar-refractivity contribution is 5.76. The summed E-state index contributed by atoms with van der Waals surface area (Å²) in [7, 11) is 0. The average molecular weight is 253 g/mol. The standard InChI is InChI=1S/C15H27NO2/c1-14(17)10-6-4-2-3-5-7-11-15(18)16-12-8-9-13-16/h2-13H2,1H3. The number of ketones is 1. The van der Waals surface area contributed by atoms with E-state index in [1.54, 1.807) is 6.92 Å². The lowest BCUT2D eigenvalue weighted by atomic mass is 10.1. The predicted octanol–water partition coefficient (Wildman–Crippen LogP) is 3.32. The van der Waals surface area contributed by atoms with Gasteiger partial charge in [-0.2, -0.15) is 0 Å². The maximum absolute atomic E-state index is 11.7. The molecule has 3 nitrogen and oxygen atoms in total. The van der Waals surface area contributed by atoms with Crippen LogP contribution in [0.15, 0.2) is 0 Å². The molecule has 0 aromatic carbocycles. The van der Waals surface area contributed by atoms with Gasteiger partial charge in [0.15, 0.2) is 0 Å². The molecular formula is C15H27NO2. The second kappa shape index (κ2) is 9.12. The van der Waals surface area contributed by atoms with Gasteiger partial charge in [0.1, 0.15) is 5.78 Å². The lowest BCUT2D eigenvalue weighted by Gasteiger charge is -2.14. The van der Waals surface area contributed by atoms with E-state index in [1.807, 2.05) is 4.90 Å². The van der Waals surface area contributed by atoms with Crippen LogP contribution in [-0.4, -0.2) is 29.7 Å². The zero-order valence-corrected chi connectivity index (χ0v) is 11.7. The Kier molecular flexibility index (Phi) is 7.70. The molecule has 0 spiro atoms. The minimum Gasteiger partial charge on any atom is -0.343 e. The molecule has 0 bridgehead atoms. The summed E-state index contributed by atoms with van der Waals surface area (Å²) in [6, 6.07) is 0. The van der Waals surface area contributed by atoms with E-state index in [1.165, 1.54) is 25.7 Å². The summed E-state index contributed by atoms with van der Waals surface area (Å²) in [6.07, 6.45) is 10.6. The lowest BCUT2D eigenvalue weighted by Crippen LogP contribution is -2.27. The fourth-order valence-corrected chi connectivity index (χ4v) is 2.48. The van der Waals surface area contributed by atoms with E-state index in [9.17, 15) is 9.59 Å². The molecule has 104 valence electrons. The van der Waals surface area contributed by atoms with Crippen LogP contribution in [-0.2, 0) is 9.59 Å². The summed E-state index contributed by atoms with van der Waals surface area (Å²) in [6.45, 7) is 3.61. The first-order valence-electron chi connectivity index (χ1n) is 7.47. The van der Waals surface area contributed by atoms with Crippen molar-refractivity contribution >= 4 is 11.7 Å². The molecule has 1 amide bonds. The van der Waals surface area contributed by atoms with Crippen LogP contribution >= 0.6 is 0 Å². The fourth-order valence-electron chi connectivity index (χ4n) is 2.48. The number of rotatable bonds is 9. The number of likely N-dealkylation sites (tertiary alicyclic amines) is 1. The molecule has 1 aliphatic rings. The Morgan fingerprint density at radius 3 is 1.89 bits per heavy atom. The highest BCUT2D eigenvalue weighted by atomic mass is 16.2. The van der Waals surface area contributed by atoms with Gasteiger partial charge in [0.2, 0.25) is 5.91 Å². The van der Waals surface area contributed by atoms with E-state index in [-0.39, 0.29) is 0 Å². The average Bonchev–Trinajstić information content (AvgIpc) is 2.85. The number of unbranched alkanes of at least 4 members (excludes halogenated alkanes) is 5. The maximum Gasteiger partial charge on any atom is 0.222 e. The molecule has 0 radical (unpaired) electrons. The molecule has 0 aromatic heterocycles. The van der Waals surface area contributed by atoms with Gasteiger partial charge in [-0.25, -0.2) is 0 Å². The van der Waals surface area contributed by atoms with Crippen molar-refractivity contribution in [3.63, 3.8) is 0 Å². The van der Waals surface area contributed by atoms with Gasteiger partial charge in [-0.3, -0.25) is 4.79 Å². The summed E-state index contributed by atoms with van der Waals surface area (Å²) in [5, 5.41) is 0. The molecule has 0 N–H and O–H groups in total. The Morgan fingerprint density at radius 1 is 0.833 bits per heavy atom. The Morgan fingerprint density at radius 2 is 1.33 bits per heavy atom. The molecule has 3 heteroatoms. The molecule has 1 saturated heterocycles. The number of amides is 1. The number of hydrogen-bond acceptors (Lipinski definition) is 2. The zero-order chi connectivity index (χ0) is 13.2. The van der Waals surface area contributed by atoms with Crippen LogP contribution in [0.5, 0.6) is 0 Å². The second-order valence-electron chi connectivity index (χ2n) is 5.41. The van der Waals surface area contributed by atoms with Crippen molar-refractivity contribution in [2.24, 2.45) is 0 Å². The van der Waals surface area contributed by atoms with Crippen molar-refractivity contribution in [3.8, 4) is 0 Å². The largest absolute Gasteiger partial charge is 0.343 e. The molecule has 0 aliphatic carbocycles. The smallest absolute Gasteiger partial charge is 0.222 e. The highest BCUT2D eigenvalue weighted by Crippen LogP contribution is 2.13. The van der Waals surface area contributed by atoms with Crippen LogP contribution < -0.4 is 0 Å². The SMILES string of the molecule is CC(=O)CCCCCCCCC(=O)N1CCCC1. The van der Waals surface area contributed by atoms with Gasteiger partial charge >= 0.3 is 0 Å². The van der Waals surface area contributed by atoms with Crippen LogP contribution in [0.3, 0.4) is 0 Å². The third kappa shape index (κ3) is 6.77. The molecule has 1 aliphatic heterocycles. The Hall–Kier alpha value is -0.860. The number of carbonyl (C=O) groups is 2. The van der Waals surface area contributed by atoms with E-state index in [4.69, 9.17) is 0 Å². The van der Waals surface area contributed by atoms with Gasteiger partial charge in [0.25, 0.3) is 0 Å². The van der Waals surface area contributed by atoms with Crippen molar-refractivity contribution in [2.45, 2.75) is 71.1 Å². The quantitative estimate of drug-likeness (QED) is 0.591. The van der Waals surface area contributed by atoms with Gasteiger partial charge in [0, 0.05) is 25.9 Å². The Balaban J connectivity index is 1.86. The normalized spacial score (nSPS) is 15.1. The van der Waals surface area contributed by atoms with Crippen molar-refractivity contribution in [1.29, 1.82) is 0 Å². The minimum absolute atomic E-state index is 0.297. The van der Waals surface area contributed by atoms with Crippen LogP contribution in [0.4, 0.5) is 0 Å². The first-order chi connectivity index (χ1) is 8.70. The zero-order valence-electron chi connectivity index (χ0n) is 11.7. The molecular weight excluding hydrogens is 226 g/mol. The van der Waals surface area contributed by atoms with Crippen LogP contribution in [0.1, 0.15) is 71.1 Å². The highest BCUT2D eigenvalue weighted by Gasteiger charge is 2.16. The second-order valence-corrected chi connectivity index (χ2v) is 5.41. The number of hydrogen-bond donors (Lipinski definition) is 0. The third-order valence-electron chi connectivity index (χ3n) is 3.63. The maximum atomic E-state index is 11.7. The Labute approximate surface area is 111 Å². The number of carbonyl (C=O) groups excluding carboxylic acids is 2. The van der Waals surface area contributed by atoms with Gasteiger partial charge in [-0.05, 0) is 32.6 Å². The summed E-state index contributed by atoms with van der Waals surface area (Å²) in [5.41, 5.74) is 0.